The second kappa shape index (κ2) is 2.47. The monoisotopic (exact) mass is 114 g/mol. The second-order valence-electron chi connectivity index (χ2n) is 1.38. The van der Waals surface area contributed by atoms with Crippen LogP contribution in [0.15, 0.2) is 11.8 Å². The van der Waals surface area contributed by atoms with E-state index in [9.17, 15) is 4.79 Å². The number of hydrogen-bond acceptors (Lipinski definition) is 3. The van der Waals surface area contributed by atoms with Gasteiger partial charge in [-0.25, -0.2) is 0 Å². The van der Waals surface area contributed by atoms with Crippen molar-refractivity contribution < 1.29 is 14.3 Å². The van der Waals surface area contributed by atoms with Gasteiger partial charge in [-0.15, -0.1) is 0 Å². The maximum absolute atomic E-state index is 9.75. The molecule has 0 atom stereocenters. The van der Waals surface area contributed by atoms with Gasteiger partial charge in [0.25, 0.3) is 0 Å². The molecule has 44 valence electrons. The highest BCUT2D eigenvalue weighted by atomic mass is 16.7. The van der Waals surface area contributed by atoms with Crippen LogP contribution in [-0.2, 0) is 14.3 Å². The lowest BCUT2D eigenvalue weighted by atomic mass is 10.5. The van der Waals surface area contributed by atoms with Gasteiger partial charge >= 0.3 is 0 Å². The van der Waals surface area contributed by atoms with Crippen LogP contribution >= 0.6 is 0 Å². The van der Waals surface area contributed by atoms with Crippen molar-refractivity contribution in [1.29, 1.82) is 0 Å². The van der Waals surface area contributed by atoms with Crippen LogP contribution in [0, 0.1) is 0 Å². The molecule has 0 aromatic carbocycles. The Kier molecular flexibility index (Phi) is 1.64. The van der Waals surface area contributed by atoms with Crippen LogP contribution in [0.25, 0.3) is 0 Å². The molecular weight excluding hydrogens is 108 g/mol. The van der Waals surface area contributed by atoms with E-state index in [1.165, 1.54) is 6.08 Å². The Morgan fingerprint density at radius 2 is 2.50 bits per heavy atom. The largest absolute Gasteiger partial charge is 0.469 e. The van der Waals surface area contributed by atoms with Crippen molar-refractivity contribution in [2.75, 3.05) is 13.4 Å². The summed E-state index contributed by atoms with van der Waals surface area (Å²) in [5.74, 6) is 0.611. The second-order valence-corrected chi connectivity index (χ2v) is 1.38. The zero-order valence-electron chi connectivity index (χ0n) is 4.29. The molecule has 0 bridgehead atoms. The van der Waals surface area contributed by atoms with Crippen molar-refractivity contribution in [3.63, 3.8) is 0 Å². The van der Waals surface area contributed by atoms with Gasteiger partial charge in [-0.1, -0.05) is 0 Å². The quantitative estimate of drug-likeness (QED) is 0.357. The number of aldehydes is 1. The molecule has 1 aliphatic rings. The van der Waals surface area contributed by atoms with Crippen LogP contribution in [-0.4, -0.2) is 19.7 Å². The Morgan fingerprint density at radius 1 is 1.62 bits per heavy atom. The van der Waals surface area contributed by atoms with Crippen LogP contribution in [0.4, 0.5) is 0 Å². The highest BCUT2D eigenvalue weighted by Gasteiger charge is 2.04. The zero-order chi connectivity index (χ0) is 5.82. The van der Waals surface area contributed by atoms with Crippen LogP contribution in [0.3, 0.4) is 0 Å². The van der Waals surface area contributed by atoms with Crippen molar-refractivity contribution in [2.45, 2.75) is 0 Å². The maximum atomic E-state index is 9.75. The summed E-state index contributed by atoms with van der Waals surface area (Å²) in [5.41, 5.74) is 0. The average molecular weight is 114 g/mol. The first-order valence-corrected chi connectivity index (χ1v) is 2.28. The Labute approximate surface area is 46.9 Å². The van der Waals surface area contributed by atoms with Crippen LogP contribution in [0.2, 0.25) is 0 Å². The van der Waals surface area contributed by atoms with E-state index in [0.717, 1.165) is 0 Å². The van der Waals surface area contributed by atoms with Gasteiger partial charge in [0, 0.05) is 6.08 Å². The summed E-state index contributed by atoms with van der Waals surface area (Å²) in [4.78, 5) is 9.75. The molecular formula is C5H6O3. The molecule has 3 heteroatoms. The molecule has 0 radical (unpaired) electrons. The summed E-state index contributed by atoms with van der Waals surface area (Å²) in [5, 5.41) is 0. The number of carbonyl (C=O) groups excluding carboxylic acids is 1. The van der Waals surface area contributed by atoms with Crippen molar-refractivity contribution in [3.8, 4) is 0 Å². The van der Waals surface area contributed by atoms with Gasteiger partial charge in [0.05, 0.1) is 0 Å². The molecule has 0 amide bonds. The van der Waals surface area contributed by atoms with E-state index < -0.39 is 0 Å². The first kappa shape index (κ1) is 5.31. The average Bonchev–Trinajstić information content (AvgIpc) is 2.19. The Balaban J connectivity index is 2.44. The third-order valence-corrected chi connectivity index (χ3v) is 0.826. The standard InChI is InChI=1S/C5H6O3/c6-2-1-5-3-7-4-8-5/h1-2H,3-4H2/b5-1-. The Hall–Kier alpha value is -0.830. The summed E-state index contributed by atoms with van der Waals surface area (Å²) >= 11 is 0. The lowest BCUT2D eigenvalue weighted by molar-refractivity contribution is -0.104. The van der Waals surface area contributed by atoms with E-state index in [4.69, 9.17) is 9.47 Å². The predicted octanol–water partition coefficient (Wildman–Crippen LogP) is 0.0735. The number of rotatable bonds is 1. The Morgan fingerprint density at radius 3 is 3.00 bits per heavy atom. The van der Waals surface area contributed by atoms with Gasteiger partial charge in [-0.05, 0) is 0 Å². The third-order valence-electron chi connectivity index (χ3n) is 0.826. The van der Waals surface area contributed by atoms with Gasteiger partial charge in [0.1, 0.15) is 18.7 Å². The number of ether oxygens (including phenoxy) is 2. The van der Waals surface area contributed by atoms with Crippen LogP contribution in [0.1, 0.15) is 0 Å². The van der Waals surface area contributed by atoms with Gasteiger partial charge in [0.2, 0.25) is 0 Å². The molecule has 0 spiro atoms. The van der Waals surface area contributed by atoms with E-state index in [-0.39, 0.29) is 6.79 Å². The van der Waals surface area contributed by atoms with Crippen LogP contribution in [0.5, 0.6) is 0 Å². The normalized spacial score (nSPS) is 23.2. The molecule has 0 N–H and O–H groups in total. The molecule has 0 unspecified atom stereocenters. The van der Waals surface area contributed by atoms with E-state index in [1.807, 2.05) is 0 Å². The molecule has 1 saturated heterocycles. The highest BCUT2D eigenvalue weighted by molar-refractivity contribution is 5.65. The first-order valence-electron chi connectivity index (χ1n) is 2.28. The fourth-order valence-electron chi connectivity index (χ4n) is 0.473. The lowest BCUT2D eigenvalue weighted by Gasteiger charge is -1.87. The van der Waals surface area contributed by atoms with E-state index in [0.29, 0.717) is 18.7 Å². The van der Waals surface area contributed by atoms with Crippen molar-refractivity contribution in [1.82, 2.24) is 0 Å². The van der Waals surface area contributed by atoms with Crippen molar-refractivity contribution >= 4 is 6.29 Å². The van der Waals surface area contributed by atoms with E-state index >= 15 is 0 Å². The molecule has 0 saturated carbocycles. The fourth-order valence-corrected chi connectivity index (χ4v) is 0.473. The predicted molar refractivity (Wildman–Crippen MR) is 26.1 cm³/mol. The summed E-state index contributed by atoms with van der Waals surface area (Å²) in [6.45, 7) is 0.707. The number of carbonyl (C=O) groups is 1. The molecule has 1 fully saturated rings. The van der Waals surface area contributed by atoms with E-state index in [1.54, 1.807) is 0 Å². The summed E-state index contributed by atoms with van der Waals surface area (Å²) < 4.78 is 9.56. The van der Waals surface area contributed by atoms with Gasteiger partial charge < -0.3 is 9.47 Å². The first-order chi connectivity index (χ1) is 3.93. The molecule has 3 nitrogen and oxygen atoms in total. The van der Waals surface area contributed by atoms with Crippen molar-refractivity contribution in [2.24, 2.45) is 0 Å². The zero-order valence-corrected chi connectivity index (χ0v) is 4.29. The smallest absolute Gasteiger partial charge is 0.189 e. The highest BCUT2D eigenvalue weighted by Crippen LogP contribution is 2.04. The summed E-state index contributed by atoms with van der Waals surface area (Å²) in [6.07, 6.45) is 2.04. The molecule has 1 rings (SSSR count). The SMILES string of the molecule is O=C/C=C1/COCO1. The molecule has 8 heavy (non-hydrogen) atoms. The molecule has 1 heterocycles. The topological polar surface area (TPSA) is 35.5 Å². The molecule has 0 aromatic heterocycles. The minimum atomic E-state index is 0.277. The minimum Gasteiger partial charge on any atom is -0.469 e. The molecule has 1 aliphatic heterocycles. The van der Waals surface area contributed by atoms with Crippen molar-refractivity contribution in [3.05, 3.63) is 11.8 Å². The number of allylic oxidation sites excluding steroid dienone is 1. The summed E-state index contributed by atoms with van der Waals surface area (Å²) in [6, 6.07) is 0. The minimum absolute atomic E-state index is 0.277. The molecule has 0 aromatic rings. The summed E-state index contributed by atoms with van der Waals surface area (Å²) in [7, 11) is 0. The van der Waals surface area contributed by atoms with Gasteiger partial charge in [0.15, 0.2) is 6.79 Å². The lowest BCUT2D eigenvalue weighted by Crippen LogP contribution is -1.81. The fraction of sp³-hybridized carbons (Fsp3) is 0.400. The maximum Gasteiger partial charge on any atom is 0.189 e. The van der Waals surface area contributed by atoms with E-state index in [2.05, 4.69) is 0 Å². The molecule has 0 aliphatic carbocycles. The third kappa shape index (κ3) is 1.07. The van der Waals surface area contributed by atoms with Gasteiger partial charge in [-0.2, -0.15) is 0 Å². The number of hydrogen-bond donors (Lipinski definition) is 0. The van der Waals surface area contributed by atoms with Crippen LogP contribution < -0.4 is 0 Å². The Bertz CT molecular complexity index is 109. The van der Waals surface area contributed by atoms with Gasteiger partial charge in [-0.3, -0.25) is 4.79 Å².